The number of anilines is 1. The van der Waals surface area contributed by atoms with Crippen LogP contribution in [0.4, 0.5) is 24.5 Å². The number of nitro benzene ring substituents is 1. The summed E-state index contributed by atoms with van der Waals surface area (Å²) in [5, 5.41) is 10.5. The molecule has 1 aromatic rings. The van der Waals surface area contributed by atoms with Crippen LogP contribution in [-0.4, -0.2) is 17.3 Å². The molecule has 1 fully saturated rings. The predicted molar refractivity (Wildman–Crippen MR) is 54.7 cm³/mol. The van der Waals surface area contributed by atoms with Crippen molar-refractivity contribution < 1.29 is 18.1 Å². The van der Waals surface area contributed by atoms with Crippen molar-refractivity contribution in [3.8, 4) is 0 Å². The lowest BCUT2D eigenvalue weighted by Crippen LogP contribution is -2.39. The van der Waals surface area contributed by atoms with Crippen LogP contribution < -0.4 is 4.90 Å². The molecule has 4 nitrogen and oxygen atoms in total. The molecule has 0 amide bonds. The van der Waals surface area contributed by atoms with Gasteiger partial charge < -0.3 is 0 Å². The number of benzene rings is 1. The molecule has 0 aromatic heterocycles. The van der Waals surface area contributed by atoms with E-state index in [-0.39, 0.29) is 11.4 Å². The van der Waals surface area contributed by atoms with Gasteiger partial charge in [-0.3, -0.25) is 15.0 Å². The Labute approximate surface area is 94.8 Å². The number of rotatable bonds is 3. The summed E-state index contributed by atoms with van der Waals surface area (Å²) < 4.78 is 38.4. The SMILES string of the molecule is O=[N+]([O-])c1cccc(N(C2CC2)C(F)(F)F)c1. The van der Waals surface area contributed by atoms with Crippen molar-refractivity contribution in [3.63, 3.8) is 0 Å². The van der Waals surface area contributed by atoms with Gasteiger partial charge in [-0.15, -0.1) is 0 Å². The van der Waals surface area contributed by atoms with E-state index in [0.29, 0.717) is 17.7 Å². The van der Waals surface area contributed by atoms with Crippen molar-refractivity contribution in [1.29, 1.82) is 0 Å². The number of hydrogen-bond acceptors (Lipinski definition) is 3. The van der Waals surface area contributed by atoms with Gasteiger partial charge >= 0.3 is 6.30 Å². The van der Waals surface area contributed by atoms with Crippen molar-refractivity contribution >= 4 is 11.4 Å². The van der Waals surface area contributed by atoms with Gasteiger partial charge in [-0.2, -0.15) is 13.2 Å². The van der Waals surface area contributed by atoms with E-state index in [1.807, 2.05) is 0 Å². The second kappa shape index (κ2) is 3.90. The average molecular weight is 246 g/mol. The van der Waals surface area contributed by atoms with Crippen molar-refractivity contribution in [2.45, 2.75) is 25.2 Å². The fourth-order valence-electron chi connectivity index (χ4n) is 1.65. The van der Waals surface area contributed by atoms with Gasteiger partial charge in [0.2, 0.25) is 0 Å². The minimum absolute atomic E-state index is 0.172. The topological polar surface area (TPSA) is 46.4 Å². The van der Waals surface area contributed by atoms with E-state index < -0.39 is 17.3 Å². The molecule has 1 saturated carbocycles. The number of alkyl halides is 3. The first-order valence-corrected chi connectivity index (χ1v) is 5.00. The van der Waals surface area contributed by atoms with Gasteiger partial charge in [0, 0.05) is 18.2 Å². The Hall–Kier alpha value is -1.79. The standard InChI is InChI=1S/C10H9F3N2O2/c11-10(12,13)14(7-4-5-7)8-2-1-3-9(6-8)15(16)17/h1-3,6-7H,4-5H2. The molecule has 1 aromatic carbocycles. The molecular formula is C10H9F3N2O2. The van der Waals surface area contributed by atoms with Crippen LogP contribution in [0.5, 0.6) is 0 Å². The lowest BCUT2D eigenvalue weighted by Gasteiger charge is -2.26. The molecule has 92 valence electrons. The highest BCUT2D eigenvalue weighted by Crippen LogP contribution is 2.40. The molecule has 17 heavy (non-hydrogen) atoms. The number of halogens is 3. The quantitative estimate of drug-likeness (QED) is 0.467. The summed E-state index contributed by atoms with van der Waals surface area (Å²) in [4.78, 5) is 10.1. The van der Waals surface area contributed by atoms with Crippen molar-refractivity contribution in [2.24, 2.45) is 0 Å². The zero-order valence-electron chi connectivity index (χ0n) is 8.65. The third kappa shape index (κ3) is 2.48. The van der Waals surface area contributed by atoms with Gasteiger partial charge in [0.25, 0.3) is 5.69 Å². The zero-order valence-corrected chi connectivity index (χ0v) is 8.65. The summed E-state index contributed by atoms with van der Waals surface area (Å²) >= 11 is 0. The van der Waals surface area contributed by atoms with E-state index in [1.165, 1.54) is 18.2 Å². The normalized spacial score (nSPS) is 15.7. The third-order valence-corrected chi connectivity index (χ3v) is 2.50. The predicted octanol–water partition coefficient (Wildman–Crippen LogP) is 3.08. The van der Waals surface area contributed by atoms with Gasteiger partial charge in [-0.1, -0.05) is 6.07 Å². The molecule has 0 unspecified atom stereocenters. The Morgan fingerprint density at radius 3 is 2.47 bits per heavy atom. The monoisotopic (exact) mass is 246 g/mol. The fraction of sp³-hybridized carbons (Fsp3) is 0.400. The van der Waals surface area contributed by atoms with Crippen LogP contribution in [0.1, 0.15) is 12.8 Å². The van der Waals surface area contributed by atoms with Crippen molar-refractivity contribution in [3.05, 3.63) is 34.4 Å². The summed E-state index contributed by atoms with van der Waals surface area (Å²) in [6.07, 6.45) is -3.58. The summed E-state index contributed by atoms with van der Waals surface area (Å²) in [6, 6.07) is 4.03. The van der Waals surface area contributed by atoms with Crippen LogP contribution in [0.15, 0.2) is 24.3 Å². The number of non-ortho nitro benzene ring substituents is 1. The van der Waals surface area contributed by atoms with E-state index in [2.05, 4.69) is 0 Å². The Morgan fingerprint density at radius 2 is 2.00 bits per heavy atom. The second-order valence-electron chi connectivity index (χ2n) is 3.85. The molecule has 0 radical (unpaired) electrons. The molecule has 1 aliphatic rings. The maximum atomic E-state index is 12.8. The van der Waals surface area contributed by atoms with E-state index in [4.69, 9.17) is 0 Å². The first-order chi connectivity index (χ1) is 7.89. The van der Waals surface area contributed by atoms with Crippen LogP contribution in [0.25, 0.3) is 0 Å². The largest absolute Gasteiger partial charge is 0.485 e. The fourth-order valence-corrected chi connectivity index (χ4v) is 1.65. The minimum Gasteiger partial charge on any atom is -0.281 e. The molecule has 0 bridgehead atoms. The number of nitro groups is 1. The molecule has 0 aliphatic heterocycles. The van der Waals surface area contributed by atoms with Crippen LogP contribution in [0, 0.1) is 10.1 Å². The molecule has 7 heteroatoms. The average Bonchev–Trinajstić information content (AvgIpc) is 3.00. The van der Waals surface area contributed by atoms with E-state index in [9.17, 15) is 23.3 Å². The summed E-state index contributed by atoms with van der Waals surface area (Å²) in [5.41, 5.74) is -0.508. The maximum Gasteiger partial charge on any atom is 0.485 e. The highest BCUT2D eigenvalue weighted by Gasteiger charge is 2.46. The van der Waals surface area contributed by atoms with E-state index >= 15 is 0 Å². The van der Waals surface area contributed by atoms with Gasteiger partial charge in [-0.05, 0) is 18.9 Å². The summed E-state index contributed by atoms with van der Waals surface area (Å²) in [5.74, 6) is 0. The Morgan fingerprint density at radius 1 is 1.35 bits per heavy atom. The van der Waals surface area contributed by atoms with E-state index in [1.54, 1.807) is 0 Å². The first-order valence-electron chi connectivity index (χ1n) is 5.00. The molecule has 2 rings (SSSR count). The van der Waals surface area contributed by atoms with Crippen LogP contribution in [0.3, 0.4) is 0 Å². The Kier molecular flexibility index (Phi) is 2.68. The number of nitrogens with zero attached hydrogens (tertiary/aromatic N) is 2. The number of hydrogen-bond donors (Lipinski definition) is 0. The van der Waals surface area contributed by atoms with Gasteiger partial charge in [0.05, 0.1) is 10.6 Å². The molecule has 1 aliphatic carbocycles. The minimum atomic E-state index is -4.50. The van der Waals surface area contributed by atoms with Gasteiger partial charge in [0.15, 0.2) is 0 Å². The summed E-state index contributed by atoms with van der Waals surface area (Å²) in [7, 11) is 0. The molecule has 0 N–H and O–H groups in total. The van der Waals surface area contributed by atoms with Gasteiger partial charge in [-0.25, -0.2) is 0 Å². The lowest BCUT2D eigenvalue weighted by atomic mass is 10.2. The Balaban J connectivity index is 2.36. The highest BCUT2D eigenvalue weighted by molar-refractivity contribution is 5.55. The van der Waals surface area contributed by atoms with Crippen molar-refractivity contribution in [2.75, 3.05) is 4.90 Å². The third-order valence-electron chi connectivity index (χ3n) is 2.50. The van der Waals surface area contributed by atoms with Crippen molar-refractivity contribution in [1.82, 2.24) is 0 Å². The van der Waals surface area contributed by atoms with E-state index in [0.717, 1.165) is 6.07 Å². The summed E-state index contributed by atoms with van der Waals surface area (Å²) in [6.45, 7) is 0. The smallest absolute Gasteiger partial charge is 0.281 e. The molecule has 0 spiro atoms. The zero-order chi connectivity index (χ0) is 12.6. The second-order valence-corrected chi connectivity index (χ2v) is 3.85. The van der Waals surface area contributed by atoms with Crippen LogP contribution in [0.2, 0.25) is 0 Å². The lowest BCUT2D eigenvalue weighted by molar-refractivity contribution is -0.384. The molecule has 0 atom stereocenters. The highest BCUT2D eigenvalue weighted by atomic mass is 19.4. The Bertz CT molecular complexity index is 443. The van der Waals surface area contributed by atoms with Crippen LogP contribution in [-0.2, 0) is 0 Å². The first kappa shape index (κ1) is 11.7. The van der Waals surface area contributed by atoms with Gasteiger partial charge in [0.1, 0.15) is 0 Å². The molecular weight excluding hydrogens is 237 g/mol. The maximum absolute atomic E-state index is 12.8. The molecule has 0 heterocycles. The molecule has 0 saturated heterocycles. The van der Waals surface area contributed by atoms with Crippen LogP contribution >= 0.6 is 0 Å².